The van der Waals surface area contributed by atoms with Crippen molar-refractivity contribution in [3.63, 3.8) is 0 Å². The number of carbonyl (C=O) groups is 2. The Morgan fingerprint density at radius 2 is 1.94 bits per heavy atom. The van der Waals surface area contributed by atoms with Gasteiger partial charge >= 0.3 is 0 Å². The summed E-state index contributed by atoms with van der Waals surface area (Å²) in [5, 5.41) is 2.95. The van der Waals surface area contributed by atoms with Crippen LogP contribution >= 0.6 is 15.9 Å². The van der Waals surface area contributed by atoms with Crippen LogP contribution in [0.5, 0.6) is 0 Å². The molecule has 2 aromatic rings. The molecule has 2 amide bonds. The van der Waals surface area contributed by atoms with Gasteiger partial charge in [0.1, 0.15) is 0 Å². The highest BCUT2D eigenvalue weighted by atomic mass is 79.9. The quantitative estimate of drug-likeness (QED) is 0.626. The Bertz CT molecular complexity index is 1200. The Morgan fingerprint density at radius 3 is 2.67 bits per heavy atom. The molecule has 0 aliphatic carbocycles. The standard InChI is InChI=1S/C24H28BrN3O4S/c1-3-23(29)28-12-10-17-13-19(25)22(14-21(17)28)33(31,32)27-11-6-8-18(15-27)24(30)26-20-9-5-4-7-16(20)2/h4-5,7,9,13-14,18H,3,6,8,10-12,15H2,1-2H3,(H,26,30)/t18-/m1/s1. The van der Waals surface area contributed by atoms with Gasteiger partial charge < -0.3 is 10.2 Å². The Kier molecular flexibility index (Phi) is 6.93. The number of benzene rings is 2. The monoisotopic (exact) mass is 533 g/mol. The number of piperidine rings is 1. The van der Waals surface area contributed by atoms with E-state index in [1.165, 1.54) is 4.31 Å². The Morgan fingerprint density at radius 1 is 1.18 bits per heavy atom. The first kappa shape index (κ1) is 23.9. The molecule has 1 N–H and O–H groups in total. The molecular weight excluding hydrogens is 506 g/mol. The van der Waals surface area contributed by atoms with Crippen LogP contribution in [0.2, 0.25) is 0 Å². The van der Waals surface area contributed by atoms with Crippen LogP contribution in [0.1, 0.15) is 37.3 Å². The van der Waals surface area contributed by atoms with Gasteiger partial charge in [-0.15, -0.1) is 0 Å². The summed E-state index contributed by atoms with van der Waals surface area (Å²) < 4.78 is 29.1. The fraction of sp³-hybridized carbons (Fsp3) is 0.417. The average Bonchev–Trinajstić information content (AvgIpc) is 3.22. The van der Waals surface area contributed by atoms with Gasteiger partial charge in [-0.3, -0.25) is 9.59 Å². The zero-order valence-corrected chi connectivity index (χ0v) is 21.2. The minimum absolute atomic E-state index is 0.0228. The number of nitrogens with one attached hydrogen (secondary N) is 1. The molecule has 0 radical (unpaired) electrons. The third kappa shape index (κ3) is 4.72. The van der Waals surface area contributed by atoms with Crippen molar-refractivity contribution in [2.24, 2.45) is 5.92 Å². The molecule has 0 saturated carbocycles. The van der Waals surface area contributed by atoms with E-state index in [1.807, 2.05) is 31.2 Å². The van der Waals surface area contributed by atoms with Gasteiger partial charge in [-0.2, -0.15) is 4.31 Å². The first-order valence-corrected chi connectivity index (χ1v) is 13.4. The minimum atomic E-state index is -3.85. The van der Waals surface area contributed by atoms with Gasteiger partial charge in [0.25, 0.3) is 0 Å². The average molecular weight is 534 g/mol. The molecule has 1 atom stereocenters. The number of hydrogen-bond donors (Lipinski definition) is 1. The summed E-state index contributed by atoms with van der Waals surface area (Å²) in [6, 6.07) is 10.9. The van der Waals surface area contributed by atoms with Crippen molar-refractivity contribution < 1.29 is 18.0 Å². The smallest absolute Gasteiger partial charge is 0.244 e. The molecule has 9 heteroatoms. The van der Waals surface area contributed by atoms with Crippen molar-refractivity contribution in [2.75, 3.05) is 29.9 Å². The van der Waals surface area contributed by atoms with Crippen LogP contribution in [0.15, 0.2) is 45.8 Å². The summed E-state index contributed by atoms with van der Waals surface area (Å²) in [6.07, 6.45) is 2.30. The summed E-state index contributed by atoms with van der Waals surface area (Å²) in [6.45, 7) is 4.76. The van der Waals surface area contributed by atoms with E-state index in [1.54, 1.807) is 24.0 Å². The van der Waals surface area contributed by atoms with Crippen LogP contribution in [0.3, 0.4) is 0 Å². The van der Waals surface area contributed by atoms with Gasteiger partial charge in [-0.25, -0.2) is 8.42 Å². The van der Waals surface area contributed by atoms with Crippen LogP contribution in [0.4, 0.5) is 11.4 Å². The molecule has 0 unspecified atom stereocenters. The lowest BCUT2D eigenvalue weighted by atomic mass is 9.98. The number of hydrogen-bond acceptors (Lipinski definition) is 4. The van der Waals surface area contributed by atoms with E-state index < -0.39 is 15.9 Å². The number of rotatable bonds is 5. The van der Waals surface area contributed by atoms with Crippen molar-refractivity contribution in [3.8, 4) is 0 Å². The predicted octanol–water partition coefficient (Wildman–Crippen LogP) is 4.10. The van der Waals surface area contributed by atoms with E-state index >= 15 is 0 Å². The van der Waals surface area contributed by atoms with E-state index in [2.05, 4.69) is 21.2 Å². The lowest BCUT2D eigenvalue weighted by molar-refractivity contribution is -0.121. The van der Waals surface area contributed by atoms with Crippen LogP contribution < -0.4 is 10.2 Å². The highest BCUT2D eigenvalue weighted by Crippen LogP contribution is 2.37. The molecular formula is C24H28BrN3O4S. The van der Waals surface area contributed by atoms with Gasteiger partial charge in [0, 0.05) is 41.9 Å². The van der Waals surface area contributed by atoms with Crippen molar-refractivity contribution in [2.45, 2.75) is 44.4 Å². The van der Waals surface area contributed by atoms with Gasteiger partial charge in [-0.1, -0.05) is 25.1 Å². The third-order valence-corrected chi connectivity index (χ3v) is 9.23. The molecule has 0 aromatic heterocycles. The fourth-order valence-electron chi connectivity index (χ4n) is 4.50. The highest BCUT2D eigenvalue weighted by Gasteiger charge is 2.36. The maximum Gasteiger partial charge on any atom is 0.244 e. The van der Waals surface area contributed by atoms with Crippen LogP contribution in [0, 0.1) is 12.8 Å². The second kappa shape index (κ2) is 9.56. The van der Waals surface area contributed by atoms with Crippen molar-refractivity contribution in [1.82, 2.24) is 4.31 Å². The molecule has 1 saturated heterocycles. The number of anilines is 2. The lowest BCUT2D eigenvalue weighted by Gasteiger charge is -2.31. The summed E-state index contributed by atoms with van der Waals surface area (Å²) >= 11 is 3.43. The predicted molar refractivity (Wildman–Crippen MR) is 132 cm³/mol. The van der Waals surface area contributed by atoms with Gasteiger partial charge in [0.15, 0.2) is 0 Å². The number of sulfonamides is 1. The summed E-state index contributed by atoms with van der Waals surface area (Å²) in [7, 11) is -3.85. The summed E-state index contributed by atoms with van der Waals surface area (Å²) in [4.78, 5) is 27.0. The summed E-state index contributed by atoms with van der Waals surface area (Å²) in [5.41, 5.74) is 3.31. The zero-order valence-electron chi connectivity index (χ0n) is 18.8. The van der Waals surface area contributed by atoms with Crippen molar-refractivity contribution in [3.05, 3.63) is 52.0 Å². The molecule has 2 heterocycles. The SMILES string of the molecule is CCC(=O)N1CCc2cc(Br)c(S(=O)(=O)N3CCC[C@@H](C(=O)Nc4ccccc4C)C3)cc21. The number of nitrogens with zero attached hydrogens (tertiary/aromatic N) is 2. The highest BCUT2D eigenvalue weighted by molar-refractivity contribution is 9.10. The second-order valence-corrected chi connectivity index (χ2v) is 11.3. The molecule has 1 fully saturated rings. The van der Waals surface area contributed by atoms with Crippen molar-refractivity contribution >= 4 is 49.1 Å². The Balaban J connectivity index is 1.57. The maximum absolute atomic E-state index is 13.6. The van der Waals surface area contributed by atoms with Gasteiger partial charge in [-0.05, 0) is 71.4 Å². The molecule has 4 rings (SSSR count). The Hall–Kier alpha value is -2.23. The molecule has 33 heavy (non-hydrogen) atoms. The van der Waals surface area contributed by atoms with Gasteiger partial charge in [0.05, 0.1) is 10.8 Å². The number of para-hydroxylation sites is 1. The number of amides is 2. The van der Waals surface area contributed by atoms with Crippen LogP contribution in [-0.2, 0) is 26.0 Å². The largest absolute Gasteiger partial charge is 0.326 e. The minimum Gasteiger partial charge on any atom is -0.326 e. The summed E-state index contributed by atoms with van der Waals surface area (Å²) in [5.74, 6) is -0.623. The first-order chi connectivity index (χ1) is 15.7. The van der Waals surface area contributed by atoms with Gasteiger partial charge in [0.2, 0.25) is 21.8 Å². The fourth-order valence-corrected chi connectivity index (χ4v) is 7.09. The van der Waals surface area contributed by atoms with Crippen LogP contribution in [0.25, 0.3) is 0 Å². The molecule has 2 aliphatic rings. The lowest BCUT2D eigenvalue weighted by Crippen LogP contribution is -2.43. The second-order valence-electron chi connectivity index (χ2n) is 8.57. The normalized spacial score (nSPS) is 18.8. The third-order valence-electron chi connectivity index (χ3n) is 6.41. The molecule has 176 valence electrons. The number of carbonyl (C=O) groups excluding carboxylic acids is 2. The number of halogens is 1. The number of aryl methyl sites for hydroxylation is 1. The van der Waals surface area contributed by atoms with Crippen molar-refractivity contribution in [1.29, 1.82) is 0 Å². The molecule has 0 spiro atoms. The zero-order chi connectivity index (χ0) is 23.8. The maximum atomic E-state index is 13.6. The van der Waals surface area contributed by atoms with E-state index in [0.29, 0.717) is 48.9 Å². The van der Waals surface area contributed by atoms with E-state index in [9.17, 15) is 18.0 Å². The first-order valence-electron chi connectivity index (χ1n) is 11.2. The van der Waals surface area contributed by atoms with Crippen LogP contribution in [-0.4, -0.2) is 44.2 Å². The van der Waals surface area contributed by atoms with E-state index in [-0.39, 0.29) is 23.3 Å². The van der Waals surface area contributed by atoms with E-state index in [4.69, 9.17) is 0 Å². The topological polar surface area (TPSA) is 86.8 Å². The number of fused-ring (bicyclic) bond motifs is 1. The van der Waals surface area contributed by atoms with E-state index in [0.717, 1.165) is 16.8 Å². The molecule has 7 nitrogen and oxygen atoms in total. The molecule has 2 aliphatic heterocycles. The molecule has 2 aromatic carbocycles. The Labute approximate surface area is 203 Å². The molecule has 0 bridgehead atoms.